The Bertz CT molecular complexity index is 605. The molecular formula is C17H17ClN2. The predicted octanol–water partition coefficient (Wildman–Crippen LogP) is 4.16. The molecule has 3 rings (SSSR count). The molecule has 2 nitrogen and oxygen atoms in total. The number of rotatable bonds is 3. The van der Waals surface area contributed by atoms with Crippen LogP contribution in [-0.4, -0.2) is 23.8 Å². The summed E-state index contributed by atoms with van der Waals surface area (Å²) in [6.07, 6.45) is 0. The van der Waals surface area contributed by atoms with Crippen LogP contribution in [0.3, 0.4) is 0 Å². The Morgan fingerprint density at radius 3 is 2.45 bits per heavy atom. The van der Waals surface area contributed by atoms with Crippen LogP contribution in [-0.2, 0) is 0 Å². The molecule has 0 radical (unpaired) electrons. The van der Waals surface area contributed by atoms with E-state index < -0.39 is 0 Å². The summed E-state index contributed by atoms with van der Waals surface area (Å²) in [6.45, 7) is 4.01. The molecule has 20 heavy (non-hydrogen) atoms. The molecule has 1 atom stereocenters. The second-order valence-corrected chi connectivity index (χ2v) is 5.40. The number of likely N-dealkylation sites (N-methyl/N-ethyl adjacent to an activating group) is 1. The van der Waals surface area contributed by atoms with Crippen molar-refractivity contribution in [2.24, 2.45) is 5.10 Å². The van der Waals surface area contributed by atoms with Crippen LogP contribution in [0.2, 0.25) is 5.02 Å². The van der Waals surface area contributed by atoms with Gasteiger partial charge in [0, 0.05) is 24.0 Å². The summed E-state index contributed by atoms with van der Waals surface area (Å²) < 4.78 is 0. The van der Waals surface area contributed by atoms with E-state index in [2.05, 4.69) is 54.4 Å². The van der Waals surface area contributed by atoms with Gasteiger partial charge in [0.05, 0.1) is 5.71 Å². The monoisotopic (exact) mass is 284 g/mol. The van der Waals surface area contributed by atoms with Gasteiger partial charge in [0.1, 0.15) is 0 Å². The number of halogens is 1. The lowest BCUT2D eigenvalue weighted by atomic mass is 9.91. The summed E-state index contributed by atoms with van der Waals surface area (Å²) >= 11 is 5.98. The Labute approximate surface area is 124 Å². The molecule has 0 saturated carbocycles. The summed E-state index contributed by atoms with van der Waals surface area (Å²) in [6, 6.07) is 18.5. The molecule has 3 heteroatoms. The molecule has 0 aliphatic carbocycles. The summed E-state index contributed by atoms with van der Waals surface area (Å²) in [4.78, 5) is 0. The maximum Gasteiger partial charge on any atom is 0.0770 e. The zero-order chi connectivity index (χ0) is 13.9. The van der Waals surface area contributed by atoms with Crippen LogP contribution in [0.25, 0.3) is 0 Å². The van der Waals surface area contributed by atoms with Gasteiger partial charge in [-0.1, -0.05) is 54.1 Å². The van der Waals surface area contributed by atoms with Gasteiger partial charge in [-0.25, -0.2) is 0 Å². The second kappa shape index (κ2) is 5.68. The van der Waals surface area contributed by atoms with Crippen molar-refractivity contribution in [1.29, 1.82) is 0 Å². The van der Waals surface area contributed by atoms with E-state index >= 15 is 0 Å². The van der Waals surface area contributed by atoms with Crippen LogP contribution in [0.5, 0.6) is 0 Å². The van der Waals surface area contributed by atoms with E-state index in [0.29, 0.717) is 5.92 Å². The van der Waals surface area contributed by atoms with Crippen molar-refractivity contribution in [3.8, 4) is 0 Å². The highest BCUT2D eigenvalue weighted by Crippen LogP contribution is 2.28. The van der Waals surface area contributed by atoms with Crippen LogP contribution < -0.4 is 0 Å². The van der Waals surface area contributed by atoms with Crippen LogP contribution >= 0.6 is 11.6 Å². The highest BCUT2D eigenvalue weighted by atomic mass is 35.5. The topological polar surface area (TPSA) is 15.6 Å². The molecule has 0 aromatic heterocycles. The lowest BCUT2D eigenvalue weighted by Crippen LogP contribution is -2.18. The molecule has 102 valence electrons. The normalized spacial score (nSPS) is 18.2. The van der Waals surface area contributed by atoms with Gasteiger partial charge in [-0.05, 0) is 30.2 Å². The van der Waals surface area contributed by atoms with Crippen molar-refractivity contribution in [3.63, 3.8) is 0 Å². The highest BCUT2D eigenvalue weighted by molar-refractivity contribution is 6.30. The van der Waals surface area contributed by atoms with Crippen molar-refractivity contribution in [3.05, 3.63) is 70.7 Å². The van der Waals surface area contributed by atoms with E-state index in [0.717, 1.165) is 29.4 Å². The molecule has 0 saturated heterocycles. The minimum Gasteiger partial charge on any atom is -0.296 e. The number of hydrogen-bond donors (Lipinski definition) is 0. The molecule has 0 spiro atoms. The second-order valence-electron chi connectivity index (χ2n) is 4.96. The summed E-state index contributed by atoms with van der Waals surface area (Å²) in [5.74, 6) is 0.331. The van der Waals surface area contributed by atoms with Crippen molar-refractivity contribution in [2.75, 3.05) is 13.1 Å². The van der Waals surface area contributed by atoms with Crippen molar-refractivity contribution in [2.45, 2.75) is 12.8 Å². The maximum atomic E-state index is 5.98. The first-order valence-electron chi connectivity index (χ1n) is 6.92. The highest BCUT2D eigenvalue weighted by Gasteiger charge is 2.28. The maximum absolute atomic E-state index is 5.98. The average molecular weight is 285 g/mol. The van der Waals surface area contributed by atoms with Crippen molar-refractivity contribution in [1.82, 2.24) is 5.01 Å². The molecule has 0 bridgehead atoms. The van der Waals surface area contributed by atoms with Crippen LogP contribution in [0.4, 0.5) is 0 Å². The smallest absolute Gasteiger partial charge is 0.0770 e. The van der Waals surface area contributed by atoms with Crippen LogP contribution in [0.1, 0.15) is 24.0 Å². The Hall–Kier alpha value is -1.80. The standard InChI is InChI=1S/C17H17ClN2/c1-2-20-12-16(13-6-4-3-5-7-13)17(19-20)14-8-10-15(18)11-9-14/h3-11,16H,2,12H2,1H3. The quantitative estimate of drug-likeness (QED) is 0.826. The molecule has 1 aliphatic rings. The zero-order valence-corrected chi connectivity index (χ0v) is 12.2. The zero-order valence-electron chi connectivity index (χ0n) is 11.5. The largest absolute Gasteiger partial charge is 0.296 e. The van der Waals surface area contributed by atoms with E-state index in [4.69, 9.17) is 16.7 Å². The average Bonchev–Trinajstić information content (AvgIpc) is 2.93. The van der Waals surface area contributed by atoms with E-state index in [1.807, 2.05) is 12.1 Å². The number of hydrogen-bond acceptors (Lipinski definition) is 2. The summed E-state index contributed by atoms with van der Waals surface area (Å²) in [7, 11) is 0. The first-order valence-corrected chi connectivity index (χ1v) is 7.30. The molecule has 2 aromatic rings. The van der Waals surface area contributed by atoms with Gasteiger partial charge in [0.2, 0.25) is 0 Å². The molecular weight excluding hydrogens is 268 g/mol. The van der Waals surface area contributed by atoms with Crippen molar-refractivity contribution < 1.29 is 0 Å². The van der Waals surface area contributed by atoms with Gasteiger partial charge >= 0.3 is 0 Å². The summed E-state index contributed by atoms with van der Waals surface area (Å²) in [5.41, 5.74) is 3.60. The lowest BCUT2D eigenvalue weighted by Gasteiger charge is -2.14. The number of hydrazone groups is 1. The van der Waals surface area contributed by atoms with Gasteiger partial charge < -0.3 is 0 Å². The minimum atomic E-state index is 0.331. The molecule has 1 aliphatic heterocycles. The number of benzene rings is 2. The lowest BCUT2D eigenvalue weighted by molar-refractivity contribution is 0.327. The van der Waals surface area contributed by atoms with E-state index in [1.54, 1.807) is 0 Å². The fourth-order valence-electron chi connectivity index (χ4n) is 2.59. The first-order chi connectivity index (χ1) is 9.78. The molecule has 1 unspecified atom stereocenters. The Kier molecular flexibility index (Phi) is 3.75. The van der Waals surface area contributed by atoms with Gasteiger partial charge in [0.25, 0.3) is 0 Å². The molecule has 0 amide bonds. The predicted molar refractivity (Wildman–Crippen MR) is 84.4 cm³/mol. The van der Waals surface area contributed by atoms with Gasteiger partial charge in [-0.2, -0.15) is 5.10 Å². The van der Waals surface area contributed by atoms with Gasteiger partial charge in [0.15, 0.2) is 0 Å². The third-order valence-electron chi connectivity index (χ3n) is 3.68. The molecule has 0 N–H and O–H groups in total. The fourth-order valence-corrected chi connectivity index (χ4v) is 2.71. The Morgan fingerprint density at radius 1 is 1.10 bits per heavy atom. The SMILES string of the molecule is CCN1CC(c2ccccc2)C(c2ccc(Cl)cc2)=N1. The Balaban J connectivity index is 1.98. The van der Waals surface area contributed by atoms with E-state index in [9.17, 15) is 0 Å². The van der Waals surface area contributed by atoms with Gasteiger partial charge in [-0.15, -0.1) is 0 Å². The minimum absolute atomic E-state index is 0.331. The third-order valence-corrected chi connectivity index (χ3v) is 3.93. The fraction of sp³-hybridized carbons (Fsp3) is 0.235. The van der Waals surface area contributed by atoms with Gasteiger partial charge in [-0.3, -0.25) is 5.01 Å². The van der Waals surface area contributed by atoms with Crippen LogP contribution in [0.15, 0.2) is 59.7 Å². The molecule has 1 heterocycles. The van der Waals surface area contributed by atoms with Crippen LogP contribution in [0, 0.1) is 0 Å². The number of nitrogens with zero attached hydrogens (tertiary/aromatic N) is 2. The van der Waals surface area contributed by atoms with Crippen molar-refractivity contribution >= 4 is 17.3 Å². The summed E-state index contributed by atoms with van der Waals surface area (Å²) in [5, 5.41) is 7.66. The molecule has 2 aromatic carbocycles. The molecule has 0 fully saturated rings. The first kappa shape index (κ1) is 13.2. The third kappa shape index (κ3) is 2.56. The van der Waals surface area contributed by atoms with E-state index in [-0.39, 0.29) is 0 Å². The Morgan fingerprint density at radius 2 is 1.80 bits per heavy atom. The van der Waals surface area contributed by atoms with E-state index in [1.165, 1.54) is 5.56 Å².